The van der Waals surface area contributed by atoms with Gasteiger partial charge in [0.1, 0.15) is 6.10 Å². The van der Waals surface area contributed by atoms with Crippen LogP contribution in [0.3, 0.4) is 0 Å². The molecule has 2 N–H and O–H groups in total. The maximum Gasteiger partial charge on any atom is 0.303 e. The fourth-order valence-electron chi connectivity index (χ4n) is 0.458. The predicted octanol–water partition coefficient (Wildman–Crippen LogP) is 0.410. The summed E-state index contributed by atoms with van der Waals surface area (Å²) < 4.78 is 4.68. The monoisotopic (exact) mass is 129 g/mol. The predicted molar refractivity (Wildman–Crippen MR) is 34.6 cm³/mol. The molecule has 0 aliphatic rings. The molecule has 0 aromatic carbocycles. The van der Waals surface area contributed by atoms with Crippen molar-refractivity contribution in [1.82, 2.24) is 0 Å². The van der Waals surface area contributed by atoms with E-state index in [1.165, 1.54) is 13.1 Å². The lowest BCUT2D eigenvalue weighted by atomic mass is 10.4. The minimum absolute atomic E-state index is 0.215. The van der Waals surface area contributed by atoms with Crippen LogP contribution in [-0.4, -0.2) is 12.1 Å². The summed E-state index contributed by atoms with van der Waals surface area (Å²) in [5, 5.41) is 0. The number of ether oxygens (including phenoxy) is 1. The Labute approximate surface area is 54.5 Å². The second kappa shape index (κ2) is 3.95. The van der Waals surface area contributed by atoms with Gasteiger partial charge in [-0.2, -0.15) is 0 Å². The van der Waals surface area contributed by atoms with Gasteiger partial charge < -0.3 is 10.5 Å². The average Bonchev–Trinajstić information content (AvgIpc) is 1.63. The van der Waals surface area contributed by atoms with Gasteiger partial charge in [0.2, 0.25) is 0 Å². The topological polar surface area (TPSA) is 52.3 Å². The molecule has 3 nitrogen and oxygen atoms in total. The van der Waals surface area contributed by atoms with Crippen molar-refractivity contribution in [1.29, 1.82) is 0 Å². The molecule has 0 bridgehead atoms. The fourth-order valence-corrected chi connectivity index (χ4v) is 0.458. The zero-order chi connectivity index (χ0) is 7.28. The maximum absolute atomic E-state index is 10.2. The van der Waals surface area contributed by atoms with Crippen molar-refractivity contribution >= 4 is 5.97 Å². The lowest BCUT2D eigenvalue weighted by Crippen LogP contribution is -2.09. The van der Waals surface area contributed by atoms with Crippen LogP contribution in [0.4, 0.5) is 0 Å². The van der Waals surface area contributed by atoms with E-state index < -0.39 is 0 Å². The van der Waals surface area contributed by atoms with E-state index in [9.17, 15) is 4.79 Å². The van der Waals surface area contributed by atoms with Crippen LogP contribution in [0.15, 0.2) is 12.3 Å². The SMILES string of the molecule is CC(=O)OC(C)C=CN. The molecular weight excluding hydrogens is 118 g/mol. The third kappa shape index (κ3) is 4.87. The van der Waals surface area contributed by atoms with Crippen LogP contribution in [-0.2, 0) is 9.53 Å². The Morgan fingerprint density at radius 1 is 1.78 bits per heavy atom. The van der Waals surface area contributed by atoms with Crippen molar-refractivity contribution < 1.29 is 9.53 Å². The van der Waals surface area contributed by atoms with E-state index in [2.05, 4.69) is 4.74 Å². The number of carbonyl (C=O) groups excluding carboxylic acids is 1. The van der Waals surface area contributed by atoms with Gasteiger partial charge in [-0.25, -0.2) is 0 Å². The van der Waals surface area contributed by atoms with Crippen molar-refractivity contribution in [3.05, 3.63) is 12.3 Å². The third-order valence-corrected chi connectivity index (χ3v) is 0.734. The molecule has 0 rings (SSSR count). The fraction of sp³-hybridized carbons (Fsp3) is 0.500. The second-order valence-electron chi connectivity index (χ2n) is 1.70. The zero-order valence-electron chi connectivity index (χ0n) is 5.63. The Hall–Kier alpha value is -0.990. The van der Waals surface area contributed by atoms with Gasteiger partial charge in [0.05, 0.1) is 0 Å². The molecule has 1 unspecified atom stereocenters. The van der Waals surface area contributed by atoms with Crippen LogP contribution < -0.4 is 5.73 Å². The molecule has 9 heavy (non-hydrogen) atoms. The number of hydrogen-bond donors (Lipinski definition) is 1. The first kappa shape index (κ1) is 8.01. The van der Waals surface area contributed by atoms with E-state index in [0.717, 1.165) is 0 Å². The largest absolute Gasteiger partial charge is 0.459 e. The molecule has 0 radical (unpaired) electrons. The quantitative estimate of drug-likeness (QED) is 0.549. The summed E-state index contributed by atoms with van der Waals surface area (Å²) in [5.41, 5.74) is 5.03. The zero-order valence-corrected chi connectivity index (χ0v) is 5.63. The van der Waals surface area contributed by atoms with Gasteiger partial charge in [-0.05, 0) is 19.2 Å². The van der Waals surface area contributed by atoms with Gasteiger partial charge >= 0.3 is 5.97 Å². The summed E-state index contributed by atoms with van der Waals surface area (Å²) in [5.74, 6) is -0.291. The van der Waals surface area contributed by atoms with Crippen molar-refractivity contribution in [3.63, 3.8) is 0 Å². The Morgan fingerprint density at radius 3 is 2.67 bits per heavy atom. The van der Waals surface area contributed by atoms with Crippen molar-refractivity contribution in [2.75, 3.05) is 0 Å². The number of nitrogens with two attached hydrogens (primary N) is 1. The third-order valence-electron chi connectivity index (χ3n) is 0.734. The summed E-state index contributed by atoms with van der Waals surface area (Å²) in [6, 6.07) is 0. The van der Waals surface area contributed by atoms with Crippen molar-refractivity contribution in [3.8, 4) is 0 Å². The highest BCUT2D eigenvalue weighted by atomic mass is 16.5. The van der Waals surface area contributed by atoms with Crippen LogP contribution in [0, 0.1) is 0 Å². The van der Waals surface area contributed by atoms with E-state index in [-0.39, 0.29) is 12.1 Å². The molecule has 3 heteroatoms. The maximum atomic E-state index is 10.2. The summed E-state index contributed by atoms with van der Waals surface area (Å²) in [6.07, 6.45) is 2.74. The van der Waals surface area contributed by atoms with Gasteiger partial charge in [-0.3, -0.25) is 4.79 Å². The molecule has 0 saturated heterocycles. The lowest BCUT2D eigenvalue weighted by Gasteiger charge is -2.04. The first-order valence-corrected chi connectivity index (χ1v) is 2.72. The van der Waals surface area contributed by atoms with Crippen molar-refractivity contribution in [2.45, 2.75) is 20.0 Å². The molecule has 52 valence electrons. The minimum atomic E-state index is -0.291. The van der Waals surface area contributed by atoms with Gasteiger partial charge in [0, 0.05) is 6.92 Å². The average molecular weight is 129 g/mol. The number of carbonyl (C=O) groups is 1. The van der Waals surface area contributed by atoms with Crippen LogP contribution in [0.2, 0.25) is 0 Å². The molecule has 0 spiro atoms. The highest BCUT2D eigenvalue weighted by Crippen LogP contribution is 1.90. The van der Waals surface area contributed by atoms with Crippen molar-refractivity contribution in [2.24, 2.45) is 5.73 Å². The highest BCUT2D eigenvalue weighted by molar-refractivity contribution is 5.66. The van der Waals surface area contributed by atoms with E-state index in [1.807, 2.05) is 0 Å². The van der Waals surface area contributed by atoms with E-state index in [1.54, 1.807) is 13.0 Å². The van der Waals surface area contributed by atoms with Gasteiger partial charge in [-0.15, -0.1) is 0 Å². The Kier molecular flexibility index (Phi) is 3.51. The Balaban J connectivity index is 3.50. The van der Waals surface area contributed by atoms with Crippen LogP contribution in [0.25, 0.3) is 0 Å². The normalized spacial score (nSPS) is 13.6. The number of rotatable bonds is 2. The van der Waals surface area contributed by atoms with Gasteiger partial charge in [0.15, 0.2) is 0 Å². The Bertz CT molecular complexity index is 120. The van der Waals surface area contributed by atoms with E-state index in [4.69, 9.17) is 5.73 Å². The molecule has 0 aromatic rings. The van der Waals surface area contributed by atoms with Crippen LogP contribution >= 0.6 is 0 Å². The number of hydrogen-bond acceptors (Lipinski definition) is 3. The van der Waals surface area contributed by atoms with Crippen LogP contribution in [0.5, 0.6) is 0 Å². The molecule has 0 aromatic heterocycles. The summed E-state index contributed by atoms with van der Waals surface area (Å²) in [4.78, 5) is 10.2. The standard InChI is InChI=1S/C6H11NO2/c1-5(3-4-7)9-6(2)8/h3-5H,7H2,1-2H3. The molecular formula is C6H11NO2. The van der Waals surface area contributed by atoms with Crippen LogP contribution in [0.1, 0.15) is 13.8 Å². The molecule has 0 fully saturated rings. The molecule has 0 aliphatic heterocycles. The summed E-state index contributed by atoms with van der Waals surface area (Å²) in [7, 11) is 0. The molecule has 1 atom stereocenters. The molecule has 0 heterocycles. The van der Waals surface area contributed by atoms with Gasteiger partial charge in [0.25, 0.3) is 0 Å². The minimum Gasteiger partial charge on any atom is -0.459 e. The Morgan fingerprint density at radius 2 is 2.33 bits per heavy atom. The smallest absolute Gasteiger partial charge is 0.303 e. The molecule has 0 amide bonds. The van der Waals surface area contributed by atoms with E-state index >= 15 is 0 Å². The van der Waals surface area contributed by atoms with E-state index in [0.29, 0.717) is 0 Å². The first-order chi connectivity index (χ1) is 4.16. The molecule has 0 saturated carbocycles. The number of esters is 1. The second-order valence-corrected chi connectivity index (χ2v) is 1.70. The summed E-state index contributed by atoms with van der Waals surface area (Å²) in [6.45, 7) is 3.10. The lowest BCUT2D eigenvalue weighted by molar-refractivity contribution is -0.143. The first-order valence-electron chi connectivity index (χ1n) is 2.72. The van der Waals surface area contributed by atoms with Gasteiger partial charge in [-0.1, -0.05) is 0 Å². The molecule has 0 aliphatic carbocycles. The highest BCUT2D eigenvalue weighted by Gasteiger charge is 1.97. The summed E-state index contributed by atoms with van der Waals surface area (Å²) >= 11 is 0.